The van der Waals surface area contributed by atoms with E-state index in [2.05, 4.69) is 66.5 Å². The Morgan fingerprint density at radius 3 is 2.44 bits per heavy atom. The summed E-state index contributed by atoms with van der Waals surface area (Å²) in [6, 6.07) is 19.0. The molecule has 1 aliphatic heterocycles. The van der Waals surface area contributed by atoms with Crippen LogP contribution >= 0.6 is 0 Å². The molecule has 18 heavy (non-hydrogen) atoms. The third-order valence-electron chi connectivity index (χ3n) is 3.19. The fourth-order valence-corrected chi connectivity index (χ4v) is 2.23. The van der Waals surface area contributed by atoms with Gasteiger partial charge in [0.2, 0.25) is 0 Å². The van der Waals surface area contributed by atoms with Crippen molar-refractivity contribution < 1.29 is 0 Å². The molecule has 88 valence electrons. The maximum Gasteiger partial charge on any atom is 0.0654 e. The van der Waals surface area contributed by atoms with E-state index in [0.29, 0.717) is 0 Å². The van der Waals surface area contributed by atoms with Crippen molar-refractivity contribution in [3.05, 3.63) is 77.4 Å². The first-order valence-electron chi connectivity index (χ1n) is 6.20. The lowest BCUT2D eigenvalue weighted by atomic mass is 10.0. The molecule has 0 fully saturated rings. The number of rotatable bonds is 2. The first-order chi connectivity index (χ1) is 8.83. The molecule has 1 aliphatic rings. The molecule has 0 atom stereocenters. The third kappa shape index (κ3) is 2.12. The van der Waals surface area contributed by atoms with Crippen LogP contribution in [0.5, 0.6) is 0 Å². The summed E-state index contributed by atoms with van der Waals surface area (Å²) in [4.78, 5) is 4.63. The van der Waals surface area contributed by atoms with Crippen LogP contribution in [0.1, 0.15) is 16.7 Å². The van der Waals surface area contributed by atoms with E-state index in [0.717, 1.165) is 12.3 Å². The van der Waals surface area contributed by atoms with Crippen molar-refractivity contribution in [3.63, 3.8) is 0 Å². The van der Waals surface area contributed by atoms with Crippen molar-refractivity contribution in [2.75, 3.05) is 6.54 Å². The Hall–Kier alpha value is -2.15. The molecule has 1 nitrogen and oxygen atoms in total. The first-order valence-corrected chi connectivity index (χ1v) is 6.20. The molecule has 0 saturated carbocycles. The van der Waals surface area contributed by atoms with Gasteiger partial charge in [0.1, 0.15) is 0 Å². The van der Waals surface area contributed by atoms with Crippen molar-refractivity contribution in [2.45, 2.75) is 6.92 Å². The molecule has 0 spiro atoms. The van der Waals surface area contributed by atoms with Crippen LogP contribution in [0.15, 0.2) is 65.7 Å². The molecule has 0 aliphatic carbocycles. The molecule has 0 bridgehead atoms. The second-order valence-electron chi connectivity index (χ2n) is 4.61. The molecule has 0 aromatic heterocycles. The van der Waals surface area contributed by atoms with E-state index >= 15 is 0 Å². The Bertz CT molecular complexity index is 621. The number of nitrogens with zero attached hydrogens (tertiary/aromatic N) is 1. The highest BCUT2D eigenvalue weighted by molar-refractivity contribution is 6.14. The Kier molecular flexibility index (Phi) is 2.81. The van der Waals surface area contributed by atoms with Gasteiger partial charge >= 0.3 is 0 Å². The smallest absolute Gasteiger partial charge is 0.0654 e. The highest BCUT2D eigenvalue weighted by Gasteiger charge is 2.11. The number of allylic oxidation sites excluding steroid dienone is 1. The van der Waals surface area contributed by atoms with E-state index in [-0.39, 0.29) is 0 Å². The monoisotopic (exact) mass is 233 g/mol. The molecule has 0 radical (unpaired) electrons. The van der Waals surface area contributed by atoms with Gasteiger partial charge in [0.25, 0.3) is 0 Å². The minimum atomic E-state index is 0.785. The van der Waals surface area contributed by atoms with E-state index < -0.39 is 0 Å². The van der Waals surface area contributed by atoms with Gasteiger partial charge in [0.05, 0.1) is 12.3 Å². The van der Waals surface area contributed by atoms with Gasteiger partial charge in [-0.25, -0.2) is 0 Å². The van der Waals surface area contributed by atoms with Gasteiger partial charge in [0, 0.05) is 0 Å². The van der Waals surface area contributed by atoms with E-state index in [9.17, 15) is 0 Å². The highest BCUT2D eigenvalue weighted by Crippen LogP contribution is 2.21. The largest absolute Gasteiger partial charge is 0.280 e. The quantitative estimate of drug-likeness (QED) is 0.746. The van der Waals surface area contributed by atoms with Gasteiger partial charge < -0.3 is 0 Å². The van der Waals surface area contributed by atoms with Gasteiger partial charge in [-0.05, 0) is 35.8 Å². The van der Waals surface area contributed by atoms with Crippen LogP contribution in [0.2, 0.25) is 0 Å². The van der Waals surface area contributed by atoms with Crippen molar-refractivity contribution in [3.8, 4) is 0 Å². The summed E-state index contributed by atoms with van der Waals surface area (Å²) in [6.45, 7) is 2.90. The number of aliphatic imine (C=N–C) groups is 1. The second kappa shape index (κ2) is 4.61. The Balaban J connectivity index is 1.92. The third-order valence-corrected chi connectivity index (χ3v) is 3.19. The number of aryl methyl sites for hydroxylation is 1. The normalized spacial score (nSPS) is 14.3. The fourth-order valence-electron chi connectivity index (χ4n) is 2.23. The number of hydrogen-bond acceptors (Lipinski definition) is 1. The molecule has 0 saturated heterocycles. The van der Waals surface area contributed by atoms with Crippen LogP contribution < -0.4 is 0 Å². The lowest BCUT2D eigenvalue weighted by Crippen LogP contribution is -1.93. The van der Waals surface area contributed by atoms with Crippen molar-refractivity contribution in [1.82, 2.24) is 0 Å². The van der Waals surface area contributed by atoms with E-state index in [1.165, 1.54) is 22.3 Å². The summed E-state index contributed by atoms with van der Waals surface area (Å²) < 4.78 is 0. The lowest BCUT2D eigenvalue weighted by Gasteiger charge is -2.00. The average Bonchev–Trinajstić information content (AvgIpc) is 2.89. The van der Waals surface area contributed by atoms with Crippen molar-refractivity contribution in [2.24, 2.45) is 4.99 Å². The molecule has 1 heteroatoms. The van der Waals surface area contributed by atoms with Crippen LogP contribution in [-0.2, 0) is 0 Å². The molecule has 1 heterocycles. The molecule has 0 amide bonds. The van der Waals surface area contributed by atoms with E-state index in [1.807, 2.05) is 6.07 Å². The molecule has 0 N–H and O–H groups in total. The maximum absolute atomic E-state index is 4.63. The minimum Gasteiger partial charge on any atom is -0.280 e. The van der Waals surface area contributed by atoms with Crippen LogP contribution in [0.4, 0.5) is 0 Å². The van der Waals surface area contributed by atoms with Crippen LogP contribution in [0, 0.1) is 6.92 Å². The summed E-state index contributed by atoms with van der Waals surface area (Å²) in [6.07, 6.45) is 2.20. The first kappa shape index (κ1) is 11.0. The van der Waals surface area contributed by atoms with Gasteiger partial charge in [0.15, 0.2) is 0 Å². The molecule has 3 rings (SSSR count). The van der Waals surface area contributed by atoms with Gasteiger partial charge in [-0.2, -0.15) is 0 Å². The average molecular weight is 233 g/mol. The van der Waals surface area contributed by atoms with Gasteiger partial charge in [-0.1, -0.05) is 54.1 Å². The Morgan fingerprint density at radius 1 is 0.889 bits per heavy atom. The van der Waals surface area contributed by atoms with Crippen LogP contribution in [-0.4, -0.2) is 12.3 Å². The predicted molar refractivity (Wildman–Crippen MR) is 77.0 cm³/mol. The Labute approximate surface area is 108 Å². The lowest BCUT2D eigenvalue weighted by molar-refractivity contribution is 1.29. The molecule has 2 aromatic rings. The van der Waals surface area contributed by atoms with E-state index in [1.54, 1.807) is 0 Å². The number of hydrogen-bond donors (Lipinski definition) is 0. The van der Waals surface area contributed by atoms with E-state index in [4.69, 9.17) is 0 Å². The summed E-state index contributed by atoms with van der Waals surface area (Å²) >= 11 is 0. The summed E-state index contributed by atoms with van der Waals surface area (Å²) in [5, 5.41) is 0. The SMILES string of the molecule is Cc1cccc(C2=NCC(c3ccccc3)=C2)c1. The molecule has 2 aromatic carbocycles. The molecule has 0 unspecified atom stereocenters. The van der Waals surface area contributed by atoms with Crippen LogP contribution in [0.25, 0.3) is 5.57 Å². The Morgan fingerprint density at radius 2 is 1.67 bits per heavy atom. The fraction of sp³-hybridized carbons (Fsp3) is 0.118. The standard InChI is InChI=1S/C17H15N/c1-13-6-5-9-15(10-13)17-11-16(12-18-17)14-7-3-2-4-8-14/h2-11H,12H2,1H3. The van der Waals surface area contributed by atoms with Crippen molar-refractivity contribution >= 4 is 11.3 Å². The molecular weight excluding hydrogens is 218 g/mol. The summed E-state index contributed by atoms with van der Waals surface area (Å²) in [7, 11) is 0. The zero-order valence-corrected chi connectivity index (χ0v) is 10.4. The topological polar surface area (TPSA) is 12.4 Å². The summed E-state index contributed by atoms with van der Waals surface area (Å²) in [5.41, 5.74) is 6.14. The molecular formula is C17H15N. The zero-order chi connectivity index (χ0) is 12.4. The highest BCUT2D eigenvalue weighted by atomic mass is 14.8. The van der Waals surface area contributed by atoms with Crippen molar-refractivity contribution in [1.29, 1.82) is 0 Å². The minimum absolute atomic E-state index is 0.785. The predicted octanol–water partition coefficient (Wildman–Crippen LogP) is 3.88. The maximum atomic E-state index is 4.63. The summed E-state index contributed by atoms with van der Waals surface area (Å²) in [5.74, 6) is 0. The van der Waals surface area contributed by atoms with Gasteiger partial charge in [-0.3, -0.25) is 4.99 Å². The zero-order valence-electron chi connectivity index (χ0n) is 10.4. The van der Waals surface area contributed by atoms with Crippen LogP contribution in [0.3, 0.4) is 0 Å². The number of benzene rings is 2. The van der Waals surface area contributed by atoms with Gasteiger partial charge in [-0.15, -0.1) is 0 Å². The second-order valence-corrected chi connectivity index (χ2v) is 4.61.